The third-order valence-corrected chi connectivity index (χ3v) is 1.89. The maximum absolute atomic E-state index is 9.40. The summed E-state index contributed by atoms with van der Waals surface area (Å²) in [4.78, 5) is 7.76. The largest absolute Gasteiger partial charge is 0.594 e. The van der Waals surface area contributed by atoms with E-state index in [0.717, 1.165) is 0 Å². The molecule has 0 bridgehead atoms. The average molecular weight is 129 g/mol. The Hall–Kier alpha value is 0.760. The highest BCUT2D eigenvalue weighted by Gasteiger charge is 2.04. The fraction of sp³-hybridized carbons (Fsp3) is 0. The van der Waals surface area contributed by atoms with E-state index >= 15 is 0 Å². The van der Waals surface area contributed by atoms with Crippen LogP contribution in [0.15, 0.2) is 0 Å². The molecule has 0 heterocycles. The topological polar surface area (TPSA) is 37.3 Å². The Kier molecular flexibility index (Phi) is 3.42. The molecule has 0 aliphatic heterocycles. The van der Waals surface area contributed by atoms with E-state index in [2.05, 4.69) is 11.7 Å². The van der Waals surface area contributed by atoms with Gasteiger partial charge in [0.15, 0.2) is 0 Å². The molecular formula is H2O2PS2+. The smallest absolute Gasteiger partial charge is 0.150 e. The number of thiol groups is 1. The summed E-state index contributed by atoms with van der Waals surface area (Å²) in [7, 11) is -1.43. The van der Waals surface area contributed by atoms with E-state index in [1.807, 2.05) is 0 Å². The molecule has 0 spiro atoms. The first-order valence-corrected chi connectivity index (χ1v) is 4.43. The maximum Gasteiger partial charge on any atom is 0.594 e. The molecule has 30 valence electrons. The predicted molar refractivity (Wildman–Crippen MR) is 26.4 cm³/mol. The van der Waals surface area contributed by atoms with Gasteiger partial charge in [-0.05, 0) is 4.57 Å². The summed E-state index contributed by atoms with van der Waals surface area (Å²) in [6.07, 6.45) is 0. The molecule has 5 heteroatoms. The van der Waals surface area contributed by atoms with E-state index < -0.39 is 7.23 Å². The molecule has 0 aliphatic rings. The molecular weight excluding hydrogens is 127 g/mol. The van der Waals surface area contributed by atoms with Crippen molar-refractivity contribution in [3.05, 3.63) is 0 Å². The zero-order chi connectivity index (χ0) is 4.28. The van der Waals surface area contributed by atoms with Gasteiger partial charge >= 0.3 is 7.23 Å². The van der Waals surface area contributed by atoms with Crippen LogP contribution in [-0.2, 0) is 4.57 Å². The molecule has 0 aliphatic carbocycles. The normalized spacial score (nSPS) is 11.2. The molecule has 0 aromatic rings. The van der Waals surface area contributed by atoms with E-state index in [1.54, 1.807) is 0 Å². The van der Waals surface area contributed by atoms with E-state index in [9.17, 15) is 4.57 Å². The van der Waals surface area contributed by atoms with Crippen molar-refractivity contribution in [3.63, 3.8) is 0 Å². The first kappa shape index (κ1) is 5.76. The fourth-order valence-corrected chi connectivity index (χ4v) is 0. The Morgan fingerprint density at radius 2 is 2.20 bits per heavy atom. The van der Waals surface area contributed by atoms with Crippen molar-refractivity contribution in [2.45, 2.75) is 0 Å². The molecule has 2 nitrogen and oxygen atoms in total. The third-order valence-electron chi connectivity index (χ3n) is 0.0698. The molecule has 0 aromatic heterocycles. The van der Waals surface area contributed by atoms with Crippen LogP contribution in [0.5, 0.6) is 0 Å². The summed E-state index contributed by atoms with van der Waals surface area (Å²) in [5, 5.41) is 0. The van der Waals surface area contributed by atoms with E-state index in [4.69, 9.17) is 4.89 Å². The first-order chi connectivity index (χ1) is 2.27. The standard InChI is InChI=1S/HO2PS2/c1-3(2)5-4/h(H-,1,2,4)/p+1. The zero-order valence-electron chi connectivity index (χ0n) is 2.16. The first-order valence-electron chi connectivity index (χ1n) is 0.748. The van der Waals surface area contributed by atoms with Crippen LogP contribution in [0, 0.1) is 0 Å². The third kappa shape index (κ3) is 4.76. The fourth-order valence-electron chi connectivity index (χ4n) is 0. The van der Waals surface area contributed by atoms with Gasteiger partial charge in [-0.15, -0.1) is 4.89 Å². The monoisotopic (exact) mass is 129 g/mol. The second kappa shape index (κ2) is 2.97. The van der Waals surface area contributed by atoms with Gasteiger partial charge in [0.05, 0.1) is 0 Å². The molecule has 1 unspecified atom stereocenters. The Bertz CT molecular complexity index is 42.9. The van der Waals surface area contributed by atoms with Gasteiger partial charge in [0.1, 0.15) is 0 Å². The highest BCUT2D eigenvalue weighted by molar-refractivity contribution is 8.91. The van der Waals surface area contributed by atoms with Gasteiger partial charge in [0, 0.05) is 0 Å². The Morgan fingerprint density at radius 1 is 2.00 bits per heavy atom. The SMILES string of the molecule is O=[P+](O)SS. The van der Waals surface area contributed by atoms with Gasteiger partial charge in [0.2, 0.25) is 10.4 Å². The van der Waals surface area contributed by atoms with E-state index in [0.29, 0.717) is 10.4 Å². The van der Waals surface area contributed by atoms with Gasteiger partial charge < -0.3 is 0 Å². The van der Waals surface area contributed by atoms with Gasteiger partial charge in [-0.25, -0.2) is 0 Å². The second-order valence-electron chi connectivity index (χ2n) is 0.319. The quantitative estimate of drug-likeness (QED) is 0.317. The van der Waals surface area contributed by atoms with Crippen LogP contribution in [0.1, 0.15) is 0 Å². The minimum Gasteiger partial charge on any atom is -0.150 e. The highest BCUT2D eigenvalue weighted by atomic mass is 33.3. The minimum atomic E-state index is -2.07. The van der Waals surface area contributed by atoms with Gasteiger partial charge in [-0.3, -0.25) is 0 Å². The van der Waals surface area contributed by atoms with Crippen molar-refractivity contribution in [1.29, 1.82) is 0 Å². The van der Waals surface area contributed by atoms with Crippen molar-refractivity contribution in [1.82, 2.24) is 0 Å². The maximum atomic E-state index is 9.40. The van der Waals surface area contributed by atoms with Crippen molar-refractivity contribution >= 4 is 29.3 Å². The van der Waals surface area contributed by atoms with Gasteiger partial charge in [-0.2, -0.15) is 0 Å². The van der Waals surface area contributed by atoms with Crippen molar-refractivity contribution in [3.8, 4) is 0 Å². The van der Waals surface area contributed by atoms with E-state index in [1.165, 1.54) is 0 Å². The lowest BCUT2D eigenvalue weighted by atomic mass is 15.9. The molecule has 0 rings (SSSR count). The number of rotatable bonds is 1. The molecule has 0 amide bonds. The zero-order valence-corrected chi connectivity index (χ0v) is 4.76. The van der Waals surface area contributed by atoms with Crippen molar-refractivity contribution in [2.75, 3.05) is 0 Å². The summed E-state index contributed by atoms with van der Waals surface area (Å²) in [5.74, 6) is 0. The molecule has 0 saturated heterocycles. The summed E-state index contributed by atoms with van der Waals surface area (Å²) in [6.45, 7) is 0. The molecule has 1 atom stereocenters. The Labute approximate surface area is 39.4 Å². The molecule has 0 fully saturated rings. The van der Waals surface area contributed by atoms with Crippen LogP contribution in [0.3, 0.4) is 0 Å². The van der Waals surface area contributed by atoms with Crippen LogP contribution in [0.2, 0.25) is 0 Å². The molecule has 5 heavy (non-hydrogen) atoms. The lowest BCUT2D eigenvalue weighted by molar-refractivity contribution is 0.520. The highest BCUT2D eigenvalue weighted by Crippen LogP contribution is 2.35. The lowest BCUT2D eigenvalue weighted by Gasteiger charge is -1.48. The Balaban J connectivity index is 2.85. The van der Waals surface area contributed by atoms with Crippen LogP contribution in [-0.4, -0.2) is 4.89 Å². The van der Waals surface area contributed by atoms with Gasteiger partial charge in [-0.1, -0.05) is 11.7 Å². The summed E-state index contributed by atoms with van der Waals surface area (Å²) >= 11 is 3.40. The van der Waals surface area contributed by atoms with Crippen LogP contribution in [0.4, 0.5) is 0 Å². The molecule has 1 N–H and O–H groups in total. The van der Waals surface area contributed by atoms with Crippen LogP contribution < -0.4 is 0 Å². The molecule has 0 saturated carbocycles. The lowest BCUT2D eigenvalue weighted by Crippen LogP contribution is -1.28. The van der Waals surface area contributed by atoms with Crippen molar-refractivity contribution in [2.24, 2.45) is 0 Å². The van der Waals surface area contributed by atoms with Crippen molar-refractivity contribution < 1.29 is 9.46 Å². The molecule has 0 radical (unpaired) electrons. The number of hydrogen-bond acceptors (Lipinski definition) is 3. The van der Waals surface area contributed by atoms with Crippen LogP contribution >= 0.6 is 29.3 Å². The second-order valence-corrected chi connectivity index (χ2v) is 3.86. The minimum absolute atomic E-state index is 0.639. The average Bonchev–Trinajstić information content (AvgIpc) is 1.38. The summed E-state index contributed by atoms with van der Waals surface area (Å²) in [5.41, 5.74) is 0. The van der Waals surface area contributed by atoms with Crippen LogP contribution in [0.25, 0.3) is 0 Å². The summed E-state index contributed by atoms with van der Waals surface area (Å²) in [6, 6.07) is 0. The summed E-state index contributed by atoms with van der Waals surface area (Å²) < 4.78 is 9.40. The molecule has 0 aromatic carbocycles. The Morgan fingerprint density at radius 3 is 2.20 bits per heavy atom. The van der Waals surface area contributed by atoms with Gasteiger partial charge in [0.25, 0.3) is 0 Å². The number of hydrogen-bond donors (Lipinski definition) is 2. The predicted octanol–water partition coefficient (Wildman–Crippen LogP) is 1.21. The van der Waals surface area contributed by atoms with E-state index in [-0.39, 0.29) is 0 Å².